The van der Waals surface area contributed by atoms with Gasteiger partial charge in [-0.25, -0.2) is 0 Å². The van der Waals surface area contributed by atoms with Crippen LogP contribution in [0.4, 0.5) is 0 Å². The van der Waals surface area contributed by atoms with Gasteiger partial charge in [0.15, 0.2) is 0 Å². The van der Waals surface area contributed by atoms with Gasteiger partial charge in [-0.05, 0) is 42.9 Å². The van der Waals surface area contributed by atoms with Crippen molar-refractivity contribution in [1.29, 1.82) is 0 Å². The number of hydrazine groups is 1. The fourth-order valence-electron chi connectivity index (χ4n) is 2.24. The molecular formula is C14H20N4OS. The maximum Gasteiger partial charge on any atom is 0.122 e. The summed E-state index contributed by atoms with van der Waals surface area (Å²) in [5.41, 5.74) is 6.21. The number of hydrogen-bond donors (Lipinski definition) is 2. The predicted molar refractivity (Wildman–Crippen MR) is 80.8 cm³/mol. The van der Waals surface area contributed by atoms with Gasteiger partial charge in [-0.3, -0.25) is 11.3 Å². The number of aromatic nitrogens is 2. The molecule has 1 heterocycles. The normalized spacial score (nSPS) is 12.4. The molecule has 0 aliphatic carbocycles. The standard InChI is InChI=1S/C14H20N4OS/c1-4-11-14(20-18-17-11)12(16-15)8-10-7-9(2)5-6-13(10)19-3/h5-7,12,16H,4,8,15H2,1-3H3. The second kappa shape index (κ2) is 6.78. The minimum absolute atomic E-state index is 0.000602. The van der Waals surface area contributed by atoms with Crippen LogP contribution in [0.25, 0.3) is 0 Å². The highest BCUT2D eigenvalue weighted by Gasteiger charge is 2.19. The molecule has 2 rings (SSSR count). The summed E-state index contributed by atoms with van der Waals surface area (Å²) in [5, 5.41) is 4.15. The maximum atomic E-state index is 5.73. The number of rotatable bonds is 6. The molecule has 0 aliphatic rings. The van der Waals surface area contributed by atoms with Crippen LogP contribution >= 0.6 is 11.5 Å². The lowest BCUT2D eigenvalue weighted by molar-refractivity contribution is 0.405. The molecule has 108 valence electrons. The third kappa shape index (κ3) is 3.15. The third-order valence-corrected chi connectivity index (χ3v) is 4.18. The summed E-state index contributed by atoms with van der Waals surface area (Å²) < 4.78 is 9.45. The van der Waals surface area contributed by atoms with Crippen molar-refractivity contribution in [2.45, 2.75) is 32.7 Å². The third-order valence-electron chi connectivity index (χ3n) is 3.30. The second-order valence-corrected chi connectivity index (χ2v) is 5.46. The molecule has 1 unspecified atom stereocenters. The molecule has 0 spiro atoms. The van der Waals surface area contributed by atoms with Crippen molar-refractivity contribution in [3.05, 3.63) is 39.9 Å². The van der Waals surface area contributed by atoms with Crippen LogP contribution in [0.5, 0.6) is 5.75 Å². The molecule has 2 aromatic rings. The van der Waals surface area contributed by atoms with Gasteiger partial charge in [-0.1, -0.05) is 29.1 Å². The van der Waals surface area contributed by atoms with Crippen LogP contribution in [0.3, 0.4) is 0 Å². The summed E-state index contributed by atoms with van der Waals surface area (Å²) in [5.74, 6) is 6.61. The zero-order chi connectivity index (χ0) is 14.5. The van der Waals surface area contributed by atoms with Crippen LogP contribution in [0.15, 0.2) is 18.2 Å². The Balaban J connectivity index is 2.29. The summed E-state index contributed by atoms with van der Waals surface area (Å²) in [4.78, 5) is 1.10. The van der Waals surface area contributed by atoms with E-state index in [0.717, 1.165) is 34.7 Å². The first-order valence-corrected chi connectivity index (χ1v) is 7.37. The van der Waals surface area contributed by atoms with Gasteiger partial charge in [0.05, 0.1) is 23.7 Å². The fourth-order valence-corrected chi connectivity index (χ4v) is 3.04. The average molecular weight is 292 g/mol. The van der Waals surface area contributed by atoms with E-state index in [2.05, 4.69) is 34.9 Å². The van der Waals surface area contributed by atoms with Crippen LogP contribution in [-0.2, 0) is 12.8 Å². The largest absolute Gasteiger partial charge is 0.496 e. The van der Waals surface area contributed by atoms with Crippen molar-refractivity contribution in [1.82, 2.24) is 15.0 Å². The van der Waals surface area contributed by atoms with Gasteiger partial charge >= 0.3 is 0 Å². The Kier molecular flexibility index (Phi) is 5.05. The Labute approximate surface area is 123 Å². The minimum Gasteiger partial charge on any atom is -0.496 e. The molecule has 0 radical (unpaired) electrons. The molecule has 3 N–H and O–H groups in total. The van der Waals surface area contributed by atoms with Gasteiger partial charge in [-0.15, -0.1) is 5.10 Å². The molecule has 1 aromatic carbocycles. The van der Waals surface area contributed by atoms with Gasteiger partial charge in [0.1, 0.15) is 5.75 Å². The van der Waals surface area contributed by atoms with E-state index in [4.69, 9.17) is 10.6 Å². The minimum atomic E-state index is 0.000602. The van der Waals surface area contributed by atoms with Crippen LogP contribution < -0.4 is 16.0 Å². The SMILES string of the molecule is CCc1nnsc1C(Cc1cc(C)ccc1OC)NN. The smallest absolute Gasteiger partial charge is 0.122 e. The highest BCUT2D eigenvalue weighted by molar-refractivity contribution is 7.05. The number of hydrogen-bond acceptors (Lipinski definition) is 6. The average Bonchev–Trinajstić information content (AvgIpc) is 2.93. The summed E-state index contributed by atoms with van der Waals surface area (Å²) in [6, 6.07) is 6.16. The molecule has 20 heavy (non-hydrogen) atoms. The van der Waals surface area contributed by atoms with E-state index in [1.54, 1.807) is 7.11 Å². The molecule has 5 nitrogen and oxygen atoms in total. The van der Waals surface area contributed by atoms with E-state index in [1.165, 1.54) is 17.1 Å². The number of nitrogens with zero attached hydrogens (tertiary/aromatic N) is 2. The van der Waals surface area contributed by atoms with E-state index in [1.807, 2.05) is 12.1 Å². The maximum absolute atomic E-state index is 5.73. The van der Waals surface area contributed by atoms with Crippen LogP contribution in [-0.4, -0.2) is 16.7 Å². The van der Waals surface area contributed by atoms with Crippen LogP contribution in [0.1, 0.15) is 34.7 Å². The summed E-state index contributed by atoms with van der Waals surface area (Å²) in [6.07, 6.45) is 1.60. The molecule has 0 amide bonds. The van der Waals surface area contributed by atoms with E-state index in [-0.39, 0.29) is 6.04 Å². The zero-order valence-electron chi connectivity index (χ0n) is 12.0. The van der Waals surface area contributed by atoms with Gasteiger partial charge in [0.25, 0.3) is 0 Å². The van der Waals surface area contributed by atoms with Gasteiger partial charge < -0.3 is 4.74 Å². The van der Waals surface area contributed by atoms with Crippen molar-refractivity contribution < 1.29 is 4.74 Å². The zero-order valence-corrected chi connectivity index (χ0v) is 12.8. The summed E-state index contributed by atoms with van der Waals surface area (Å²) in [7, 11) is 1.69. The highest BCUT2D eigenvalue weighted by Crippen LogP contribution is 2.28. The molecule has 6 heteroatoms. The van der Waals surface area contributed by atoms with E-state index in [9.17, 15) is 0 Å². The number of methoxy groups -OCH3 is 1. The Hall–Kier alpha value is -1.50. The number of benzene rings is 1. The highest BCUT2D eigenvalue weighted by atomic mass is 32.1. The Morgan fingerprint density at radius 2 is 2.25 bits per heavy atom. The molecule has 0 fully saturated rings. The van der Waals surface area contributed by atoms with Crippen LogP contribution in [0, 0.1) is 6.92 Å². The van der Waals surface area contributed by atoms with Crippen molar-refractivity contribution >= 4 is 11.5 Å². The molecule has 0 aliphatic heterocycles. The number of ether oxygens (including phenoxy) is 1. The first-order chi connectivity index (χ1) is 9.69. The lowest BCUT2D eigenvalue weighted by Gasteiger charge is -2.17. The molecule has 0 saturated carbocycles. The molecular weight excluding hydrogens is 272 g/mol. The molecule has 0 saturated heterocycles. The van der Waals surface area contributed by atoms with Crippen molar-refractivity contribution in [3.63, 3.8) is 0 Å². The van der Waals surface area contributed by atoms with Crippen molar-refractivity contribution in [2.75, 3.05) is 7.11 Å². The molecule has 0 bridgehead atoms. The Bertz CT molecular complexity index is 570. The molecule has 1 atom stereocenters. The van der Waals surface area contributed by atoms with Gasteiger partial charge in [0, 0.05) is 0 Å². The Morgan fingerprint density at radius 3 is 2.90 bits per heavy atom. The summed E-state index contributed by atoms with van der Waals surface area (Å²) in [6.45, 7) is 4.14. The van der Waals surface area contributed by atoms with Gasteiger partial charge in [0.2, 0.25) is 0 Å². The van der Waals surface area contributed by atoms with E-state index in [0.29, 0.717) is 0 Å². The first kappa shape index (κ1) is 14.9. The number of nitrogens with one attached hydrogen (secondary N) is 1. The quantitative estimate of drug-likeness (QED) is 0.630. The lowest BCUT2D eigenvalue weighted by Crippen LogP contribution is -2.29. The van der Waals surface area contributed by atoms with Crippen molar-refractivity contribution in [3.8, 4) is 5.75 Å². The van der Waals surface area contributed by atoms with Crippen molar-refractivity contribution in [2.24, 2.45) is 5.84 Å². The topological polar surface area (TPSA) is 73.1 Å². The number of nitrogens with two attached hydrogens (primary N) is 1. The predicted octanol–water partition coefficient (Wildman–Crippen LogP) is 2.16. The van der Waals surface area contributed by atoms with E-state index >= 15 is 0 Å². The first-order valence-electron chi connectivity index (χ1n) is 6.60. The van der Waals surface area contributed by atoms with E-state index < -0.39 is 0 Å². The molecule has 1 aromatic heterocycles. The monoisotopic (exact) mass is 292 g/mol. The van der Waals surface area contributed by atoms with Crippen LogP contribution in [0.2, 0.25) is 0 Å². The lowest BCUT2D eigenvalue weighted by atomic mass is 10.0. The fraction of sp³-hybridized carbons (Fsp3) is 0.429. The Morgan fingerprint density at radius 1 is 1.45 bits per heavy atom. The summed E-state index contributed by atoms with van der Waals surface area (Å²) >= 11 is 1.40. The second-order valence-electron chi connectivity index (χ2n) is 4.68. The number of aryl methyl sites for hydroxylation is 2. The van der Waals surface area contributed by atoms with Gasteiger partial charge in [-0.2, -0.15) is 0 Å².